The van der Waals surface area contributed by atoms with Crippen LogP contribution in [-0.2, 0) is 4.79 Å². The highest BCUT2D eigenvalue weighted by atomic mass is 16.2. The Hall–Kier alpha value is -2.04. The van der Waals surface area contributed by atoms with Gasteiger partial charge in [-0.15, -0.1) is 0 Å². The van der Waals surface area contributed by atoms with E-state index in [-0.39, 0.29) is 18.4 Å². The van der Waals surface area contributed by atoms with Gasteiger partial charge >= 0.3 is 0 Å². The first-order valence-electron chi connectivity index (χ1n) is 5.91. The number of carbonyl (C=O) groups is 2. The Morgan fingerprint density at radius 1 is 1.28 bits per heavy atom. The Morgan fingerprint density at radius 2 is 1.94 bits per heavy atom. The highest BCUT2D eigenvalue weighted by molar-refractivity contribution is 5.97. The second kappa shape index (κ2) is 5.08. The molecule has 1 aliphatic rings. The van der Waals surface area contributed by atoms with Crippen LogP contribution in [0.15, 0.2) is 24.3 Å². The number of hydrogen-bond acceptors (Lipinski definition) is 3. The molecule has 2 amide bonds. The van der Waals surface area contributed by atoms with Crippen molar-refractivity contribution in [3.8, 4) is 0 Å². The lowest BCUT2D eigenvalue weighted by atomic mass is 10.1. The maximum Gasteiger partial charge on any atom is 0.254 e. The molecule has 5 heteroatoms. The van der Waals surface area contributed by atoms with E-state index in [9.17, 15) is 9.59 Å². The van der Waals surface area contributed by atoms with Crippen LogP contribution in [0.1, 0.15) is 10.4 Å². The molecule has 2 rings (SSSR count). The summed E-state index contributed by atoms with van der Waals surface area (Å²) < 4.78 is 0. The Labute approximate surface area is 106 Å². The highest BCUT2D eigenvalue weighted by Gasteiger charge is 2.21. The lowest BCUT2D eigenvalue weighted by Crippen LogP contribution is -2.49. The molecule has 1 N–H and O–H groups in total. The van der Waals surface area contributed by atoms with Crippen molar-refractivity contribution in [3.63, 3.8) is 0 Å². The minimum absolute atomic E-state index is 0.0878. The Balaban J connectivity index is 2.10. The van der Waals surface area contributed by atoms with Gasteiger partial charge in [0.05, 0.1) is 6.54 Å². The fraction of sp³-hybridized carbons (Fsp3) is 0.385. The monoisotopic (exact) mass is 247 g/mol. The van der Waals surface area contributed by atoms with Crippen molar-refractivity contribution in [2.45, 2.75) is 0 Å². The zero-order chi connectivity index (χ0) is 13.1. The molecule has 1 fully saturated rings. The number of amides is 2. The van der Waals surface area contributed by atoms with Crippen LogP contribution in [0.25, 0.3) is 0 Å². The number of carbonyl (C=O) groups excluding carboxylic acids is 2. The van der Waals surface area contributed by atoms with Crippen LogP contribution in [0.4, 0.5) is 5.69 Å². The van der Waals surface area contributed by atoms with Gasteiger partial charge in [-0.25, -0.2) is 0 Å². The predicted molar refractivity (Wildman–Crippen MR) is 69.7 cm³/mol. The standard InChI is InChI=1S/C13H17N3O2/c1-15(2)11-5-3-10(4-6-11)13(18)16-8-7-14-12(17)9-16/h3-6H,7-9H2,1-2H3,(H,14,17). The van der Waals surface area contributed by atoms with Gasteiger partial charge in [0.2, 0.25) is 5.91 Å². The minimum Gasteiger partial charge on any atom is -0.378 e. The summed E-state index contributed by atoms with van der Waals surface area (Å²) in [6.07, 6.45) is 0. The Morgan fingerprint density at radius 3 is 2.50 bits per heavy atom. The molecule has 96 valence electrons. The normalized spacial score (nSPS) is 15.2. The topological polar surface area (TPSA) is 52.7 Å². The van der Waals surface area contributed by atoms with E-state index in [0.29, 0.717) is 18.7 Å². The van der Waals surface area contributed by atoms with E-state index in [2.05, 4.69) is 5.32 Å². The third-order valence-electron chi connectivity index (χ3n) is 2.96. The summed E-state index contributed by atoms with van der Waals surface area (Å²) in [7, 11) is 3.90. The Bertz CT molecular complexity index is 454. The van der Waals surface area contributed by atoms with Crippen molar-refractivity contribution in [1.29, 1.82) is 0 Å². The number of nitrogens with zero attached hydrogens (tertiary/aromatic N) is 2. The zero-order valence-electron chi connectivity index (χ0n) is 10.6. The molecule has 1 aromatic rings. The minimum atomic E-state index is -0.0977. The molecule has 0 aromatic heterocycles. The lowest BCUT2D eigenvalue weighted by molar-refractivity contribution is -0.123. The molecule has 0 saturated carbocycles. The second-order valence-corrected chi connectivity index (χ2v) is 4.52. The first kappa shape index (κ1) is 12.4. The van der Waals surface area contributed by atoms with E-state index in [1.54, 1.807) is 17.0 Å². The summed E-state index contributed by atoms with van der Waals surface area (Å²) >= 11 is 0. The van der Waals surface area contributed by atoms with Gasteiger partial charge in [-0.3, -0.25) is 9.59 Å². The summed E-state index contributed by atoms with van der Waals surface area (Å²) in [4.78, 5) is 26.9. The van der Waals surface area contributed by atoms with E-state index in [1.807, 2.05) is 31.1 Å². The fourth-order valence-corrected chi connectivity index (χ4v) is 1.90. The van der Waals surface area contributed by atoms with E-state index in [4.69, 9.17) is 0 Å². The molecule has 1 heterocycles. The first-order chi connectivity index (χ1) is 8.58. The van der Waals surface area contributed by atoms with Crippen LogP contribution in [0, 0.1) is 0 Å². The van der Waals surface area contributed by atoms with Gasteiger partial charge in [-0.1, -0.05) is 0 Å². The van der Waals surface area contributed by atoms with Gasteiger partial charge < -0.3 is 15.1 Å². The fourth-order valence-electron chi connectivity index (χ4n) is 1.90. The molecule has 0 unspecified atom stereocenters. The van der Waals surface area contributed by atoms with Gasteiger partial charge in [0.15, 0.2) is 0 Å². The van der Waals surface area contributed by atoms with Crippen molar-refractivity contribution in [2.75, 3.05) is 38.6 Å². The largest absolute Gasteiger partial charge is 0.378 e. The molecule has 0 aliphatic carbocycles. The van der Waals surface area contributed by atoms with Crippen molar-refractivity contribution in [2.24, 2.45) is 0 Å². The van der Waals surface area contributed by atoms with Crippen molar-refractivity contribution in [1.82, 2.24) is 10.2 Å². The van der Waals surface area contributed by atoms with E-state index < -0.39 is 0 Å². The maximum atomic E-state index is 12.2. The maximum absolute atomic E-state index is 12.2. The van der Waals surface area contributed by atoms with Crippen LogP contribution in [0.5, 0.6) is 0 Å². The molecule has 0 spiro atoms. The zero-order valence-corrected chi connectivity index (χ0v) is 10.6. The summed E-state index contributed by atoms with van der Waals surface area (Å²) in [5, 5.41) is 2.70. The van der Waals surface area contributed by atoms with Crippen LogP contribution in [-0.4, -0.2) is 50.4 Å². The van der Waals surface area contributed by atoms with Crippen molar-refractivity contribution < 1.29 is 9.59 Å². The predicted octanol–water partition coefficient (Wildman–Crippen LogP) is 0.325. The average Bonchev–Trinajstić information content (AvgIpc) is 2.38. The third kappa shape index (κ3) is 2.61. The Kier molecular flexibility index (Phi) is 3.50. The van der Waals surface area contributed by atoms with E-state index in [0.717, 1.165) is 5.69 Å². The van der Waals surface area contributed by atoms with Gasteiger partial charge in [0.1, 0.15) is 0 Å². The van der Waals surface area contributed by atoms with Crippen LogP contribution in [0.3, 0.4) is 0 Å². The quantitative estimate of drug-likeness (QED) is 0.819. The molecule has 0 radical (unpaired) electrons. The van der Waals surface area contributed by atoms with E-state index in [1.165, 1.54) is 0 Å². The summed E-state index contributed by atoms with van der Waals surface area (Å²) in [5.74, 6) is -0.185. The summed E-state index contributed by atoms with van der Waals surface area (Å²) in [6, 6.07) is 7.39. The molecule has 5 nitrogen and oxygen atoms in total. The van der Waals surface area contributed by atoms with Gasteiger partial charge in [-0.05, 0) is 24.3 Å². The SMILES string of the molecule is CN(C)c1ccc(C(=O)N2CCNC(=O)C2)cc1. The van der Waals surface area contributed by atoms with Crippen LogP contribution >= 0.6 is 0 Å². The van der Waals surface area contributed by atoms with Gasteiger partial charge in [0.25, 0.3) is 5.91 Å². The number of anilines is 1. The van der Waals surface area contributed by atoms with Gasteiger partial charge in [-0.2, -0.15) is 0 Å². The average molecular weight is 247 g/mol. The van der Waals surface area contributed by atoms with Gasteiger partial charge in [0, 0.05) is 38.4 Å². The molecule has 1 aromatic carbocycles. The molecule has 0 atom stereocenters. The molecule has 0 bridgehead atoms. The summed E-state index contributed by atoms with van der Waals surface area (Å²) in [5.41, 5.74) is 1.67. The number of nitrogens with one attached hydrogen (secondary N) is 1. The van der Waals surface area contributed by atoms with Crippen LogP contribution < -0.4 is 10.2 Å². The van der Waals surface area contributed by atoms with Crippen molar-refractivity contribution >= 4 is 17.5 Å². The number of benzene rings is 1. The highest BCUT2D eigenvalue weighted by Crippen LogP contribution is 2.14. The second-order valence-electron chi connectivity index (χ2n) is 4.52. The number of rotatable bonds is 2. The van der Waals surface area contributed by atoms with Crippen molar-refractivity contribution in [3.05, 3.63) is 29.8 Å². The number of piperazine rings is 1. The molecule has 1 saturated heterocycles. The molecular formula is C13H17N3O2. The molecule has 18 heavy (non-hydrogen) atoms. The number of hydrogen-bond donors (Lipinski definition) is 1. The first-order valence-corrected chi connectivity index (χ1v) is 5.91. The lowest BCUT2D eigenvalue weighted by Gasteiger charge is -2.26. The molecule has 1 aliphatic heterocycles. The smallest absolute Gasteiger partial charge is 0.254 e. The summed E-state index contributed by atoms with van der Waals surface area (Å²) in [6.45, 7) is 1.24. The molecular weight excluding hydrogens is 230 g/mol. The van der Waals surface area contributed by atoms with Crippen LogP contribution in [0.2, 0.25) is 0 Å². The third-order valence-corrected chi connectivity index (χ3v) is 2.96. The van der Waals surface area contributed by atoms with E-state index >= 15 is 0 Å².